The van der Waals surface area contributed by atoms with Crippen molar-refractivity contribution in [2.75, 3.05) is 5.32 Å². The number of rotatable bonds is 4. The van der Waals surface area contributed by atoms with E-state index in [0.29, 0.717) is 16.9 Å². The fourth-order valence-electron chi connectivity index (χ4n) is 3.07. The number of hydrogen-bond acceptors (Lipinski definition) is 2. The maximum atomic E-state index is 12.7. The van der Waals surface area contributed by atoms with Gasteiger partial charge in [0.05, 0.1) is 23.4 Å². The SMILES string of the molecule is O=C(Cc1ccc(C(F)(F)F)cc1)Nc1ccccc1-c1cn2ccccc2n1. The minimum absolute atomic E-state index is 0.0301. The van der Waals surface area contributed by atoms with Gasteiger partial charge in [0.2, 0.25) is 5.91 Å². The molecule has 0 unspecified atom stereocenters. The van der Waals surface area contributed by atoms with E-state index in [-0.39, 0.29) is 12.3 Å². The van der Waals surface area contributed by atoms with Crippen LogP contribution in [0.5, 0.6) is 0 Å². The van der Waals surface area contributed by atoms with Crippen molar-refractivity contribution < 1.29 is 18.0 Å². The van der Waals surface area contributed by atoms with Gasteiger partial charge in [0.25, 0.3) is 0 Å². The summed E-state index contributed by atoms with van der Waals surface area (Å²) in [7, 11) is 0. The lowest BCUT2D eigenvalue weighted by Crippen LogP contribution is -2.15. The Balaban J connectivity index is 1.53. The number of fused-ring (bicyclic) bond motifs is 1. The zero-order chi connectivity index (χ0) is 20.4. The molecule has 0 radical (unpaired) electrons. The highest BCUT2D eigenvalue weighted by atomic mass is 19.4. The van der Waals surface area contributed by atoms with E-state index >= 15 is 0 Å². The molecule has 7 heteroatoms. The number of imidazole rings is 1. The number of nitrogens with zero attached hydrogens (tertiary/aromatic N) is 2. The van der Waals surface area contributed by atoms with Gasteiger partial charge in [0.15, 0.2) is 0 Å². The third kappa shape index (κ3) is 4.13. The average Bonchev–Trinajstić information content (AvgIpc) is 3.12. The number of carbonyl (C=O) groups excluding carboxylic acids is 1. The van der Waals surface area contributed by atoms with Crippen LogP contribution < -0.4 is 5.32 Å². The summed E-state index contributed by atoms with van der Waals surface area (Å²) in [5.74, 6) is -0.319. The number of amides is 1. The van der Waals surface area contributed by atoms with Gasteiger partial charge < -0.3 is 9.72 Å². The maximum absolute atomic E-state index is 12.7. The molecule has 2 heterocycles. The van der Waals surface area contributed by atoms with Crippen molar-refractivity contribution >= 4 is 17.2 Å². The summed E-state index contributed by atoms with van der Waals surface area (Å²) in [6.07, 6.45) is -0.667. The molecule has 146 valence electrons. The lowest BCUT2D eigenvalue weighted by molar-refractivity contribution is -0.137. The first-order valence-electron chi connectivity index (χ1n) is 8.89. The van der Waals surface area contributed by atoms with Crippen LogP contribution in [0.2, 0.25) is 0 Å². The van der Waals surface area contributed by atoms with E-state index < -0.39 is 11.7 Å². The summed E-state index contributed by atoms with van der Waals surface area (Å²) in [6, 6.07) is 17.5. The first-order valence-corrected chi connectivity index (χ1v) is 8.89. The van der Waals surface area contributed by atoms with Crippen LogP contribution in [0.1, 0.15) is 11.1 Å². The quantitative estimate of drug-likeness (QED) is 0.516. The van der Waals surface area contributed by atoms with E-state index in [4.69, 9.17) is 0 Å². The highest BCUT2D eigenvalue weighted by Gasteiger charge is 2.30. The second kappa shape index (κ2) is 7.43. The molecule has 29 heavy (non-hydrogen) atoms. The van der Waals surface area contributed by atoms with E-state index in [0.717, 1.165) is 23.3 Å². The number of nitrogens with one attached hydrogen (secondary N) is 1. The van der Waals surface area contributed by atoms with Gasteiger partial charge in [0.1, 0.15) is 5.65 Å². The van der Waals surface area contributed by atoms with Crippen molar-refractivity contribution in [1.29, 1.82) is 0 Å². The summed E-state index contributed by atoms with van der Waals surface area (Å²) in [5, 5.41) is 2.84. The molecular formula is C22H16F3N3O. The predicted molar refractivity (Wildman–Crippen MR) is 104 cm³/mol. The zero-order valence-electron chi connectivity index (χ0n) is 15.1. The van der Waals surface area contributed by atoms with Crippen molar-refractivity contribution in [2.24, 2.45) is 0 Å². The zero-order valence-corrected chi connectivity index (χ0v) is 15.1. The molecule has 0 aliphatic carbocycles. The maximum Gasteiger partial charge on any atom is 0.416 e. The smallest absolute Gasteiger partial charge is 0.325 e. The molecular weight excluding hydrogens is 379 g/mol. The molecule has 4 aromatic rings. The van der Waals surface area contributed by atoms with Crippen molar-refractivity contribution in [1.82, 2.24) is 9.38 Å². The minimum atomic E-state index is -4.40. The van der Waals surface area contributed by atoms with Gasteiger partial charge in [-0.15, -0.1) is 0 Å². The highest BCUT2D eigenvalue weighted by Crippen LogP contribution is 2.30. The second-order valence-electron chi connectivity index (χ2n) is 6.56. The van der Waals surface area contributed by atoms with Crippen LogP contribution in [0.15, 0.2) is 79.1 Å². The van der Waals surface area contributed by atoms with Gasteiger partial charge >= 0.3 is 6.18 Å². The lowest BCUT2D eigenvalue weighted by atomic mass is 10.1. The number of carbonyl (C=O) groups is 1. The standard InChI is InChI=1S/C22H16F3N3O/c23-22(24,25)16-10-8-15(9-11-16)13-21(29)27-18-6-2-1-5-17(18)19-14-28-12-4-3-7-20(28)26-19/h1-12,14H,13H2,(H,27,29). The van der Waals surface area contributed by atoms with E-state index in [1.807, 2.05) is 47.1 Å². The van der Waals surface area contributed by atoms with Crippen LogP contribution in [-0.2, 0) is 17.4 Å². The Bertz CT molecular complexity index is 1130. The number of benzene rings is 2. The van der Waals surface area contributed by atoms with Gasteiger partial charge in [-0.1, -0.05) is 36.4 Å². The normalized spacial score (nSPS) is 11.6. The van der Waals surface area contributed by atoms with Crippen molar-refractivity contribution in [3.05, 3.63) is 90.3 Å². The summed E-state index contributed by atoms with van der Waals surface area (Å²) >= 11 is 0. The molecule has 0 aliphatic heterocycles. The minimum Gasteiger partial charge on any atom is -0.325 e. The van der Waals surface area contributed by atoms with Crippen LogP contribution in [0, 0.1) is 0 Å². The van der Waals surface area contributed by atoms with Gasteiger partial charge in [-0.2, -0.15) is 13.2 Å². The van der Waals surface area contributed by atoms with E-state index in [9.17, 15) is 18.0 Å². The van der Waals surface area contributed by atoms with Crippen molar-refractivity contribution in [3.63, 3.8) is 0 Å². The predicted octanol–water partition coefficient (Wildman–Crippen LogP) is 5.20. The fourth-order valence-corrected chi connectivity index (χ4v) is 3.07. The van der Waals surface area contributed by atoms with Gasteiger partial charge in [0, 0.05) is 18.0 Å². The number of alkyl halides is 3. The third-order valence-electron chi connectivity index (χ3n) is 4.49. The molecule has 0 spiro atoms. The number of halogens is 3. The van der Waals surface area contributed by atoms with E-state index in [1.54, 1.807) is 12.1 Å². The molecule has 4 nitrogen and oxygen atoms in total. The molecule has 0 atom stereocenters. The van der Waals surface area contributed by atoms with Crippen LogP contribution in [0.25, 0.3) is 16.9 Å². The Hall–Kier alpha value is -3.61. The molecule has 1 N–H and O–H groups in total. The average molecular weight is 395 g/mol. The largest absolute Gasteiger partial charge is 0.416 e. The number of anilines is 1. The first kappa shape index (κ1) is 18.7. The highest BCUT2D eigenvalue weighted by molar-refractivity contribution is 5.96. The molecule has 0 aliphatic rings. The van der Waals surface area contributed by atoms with Gasteiger partial charge in [-0.25, -0.2) is 4.98 Å². The topological polar surface area (TPSA) is 46.4 Å². The number of aromatic nitrogens is 2. The van der Waals surface area contributed by atoms with Crippen molar-refractivity contribution in [2.45, 2.75) is 12.6 Å². The Morgan fingerprint density at radius 1 is 0.966 bits per heavy atom. The van der Waals surface area contributed by atoms with Crippen LogP contribution in [0.4, 0.5) is 18.9 Å². The second-order valence-corrected chi connectivity index (χ2v) is 6.56. The van der Waals surface area contributed by atoms with E-state index in [1.165, 1.54) is 12.1 Å². The molecule has 2 aromatic carbocycles. The molecule has 2 aromatic heterocycles. The summed E-state index contributed by atoms with van der Waals surface area (Å²) < 4.78 is 39.9. The summed E-state index contributed by atoms with van der Waals surface area (Å²) in [4.78, 5) is 17.0. The molecule has 0 bridgehead atoms. The van der Waals surface area contributed by atoms with Crippen molar-refractivity contribution in [3.8, 4) is 11.3 Å². The summed E-state index contributed by atoms with van der Waals surface area (Å²) in [6.45, 7) is 0. The summed E-state index contributed by atoms with van der Waals surface area (Å²) in [5.41, 5.74) is 2.61. The fraction of sp³-hybridized carbons (Fsp3) is 0.0909. The number of pyridine rings is 1. The first-order chi connectivity index (χ1) is 13.9. The molecule has 0 fully saturated rings. The Kier molecular flexibility index (Phi) is 4.80. The van der Waals surface area contributed by atoms with Crippen LogP contribution >= 0.6 is 0 Å². The Labute approximate surface area is 164 Å². The molecule has 0 saturated heterocycles. The lowest BCUT2D eigenvalue weighted by Gasteiger charge is -2.10. The van der Waals surface area contributed by atoms with Gasteiger partial charge in [-0.05, 0) is 35.9 Å². The molecule has 4 rings (SSSR count). The number of hydrogen-bond donors (Lipinski definition) is 1. The molecule has 0 saturated carbocycles. The third-order valence-corrected chi connectivity index (χ3v) is 4.49. The van der Waals surface area contributed by atoms with Gasteiger partial charge in [-0.3, -0.25) is 4.79 Å². The number of para-hydroxylation sites is 1. The van der Waals surface area contributed by atoms with E-state index in [2.05, 4.69) is 10.3 Å². The monoisotopic (exact) mass is 395 g/mol. The van der Waals surface area contributed by atoms with Crippen LogP contribution in [-0.4, -0.2) is 15.3 Å². The Morgan fingerprint density at radius 3 is 2.41 bits per heavy atom. The Morgan fingerprint density at radius 2 is 1.69 bits per heavy atom. The molecule has 1 amide bonds. The van der Waals surface area contributed by atoms with Crippen LogP contribution in [0.3, 0.4) is 0 Å².